The van der Waals surface area contributed by atoms with Gasteiger partial charge in [0.2, 0.25) is 0 Å². The first kappa shape index (κ1) is 7.29. The standard InChI is InChI=1S/C8H7ClO/c1-6-2-4-7(5-3-6)8(9)10/h2,4-5H,1,3H2. The first-order valence-corrected chi connectivity index (χ1v) is 3.34. The molecule has 0 aliphatic heterocycles. The van der Waals surface area contributed by atoms with Gasteiger partial charge in [-0.05, 0) is 18.0 Å². The van der Waals surface area contributed by atoms with Crippen LogP contribution >= 0.6 is 11.6 Å². The summed E-state index contributed by atoms with van der Waals surface area (Å²) >= 11 is 5.22. The first-order valence-electron chi connectivity index (χ1n) is 2.96. The molecule has 0 spiro atoms. The van der Waals surface area contributed by atoms with Crippen LogP contribution < -0.4 is 0 Å². The van der Waals surface area contributed by atoms with E-state index in [4.69, 9.17) is 11.6 Å². The molecule has 0 bridgehead atoms. The Morgan fingerprint density at radius 1 is 1.60 bits per heavy atom. The minimum absolute atomic E-state index is 0.399. The molecule has 0 fully saturated rings. The Balaban J connectivity index is 2.77. The van der Waals surface area contributed by atoms with Gasteiger partial charge in [-0.25, -0.2) is 0 Å². The molecule has 52 valence electrons. The van der Waals surface area contributed by atoms with Gasteiger partial charge in [0.1, 0.15) is 0 Å². The van der Waals surface area contributed by atoms with Gasteiger partial charge in [-0.2, -0.15) is 0 Å². The fraction of sp³-hybridized carbons (Fsp3) is 0.125. The number of rotatable bonds is 1. The number of carbonyl (C=O) groups is 1. The lowest BCUT2D eigenvalue weighted by atomic mass is 10.1. The molecular formula is C8H7ClO. The zero-order valence-corrected chi connectivity index (χ0v) is 6.19. The smallest absolute Gasteiger partial charge is 0.252 e. The van der Waals surface area contributed by atoms with Crippen LogP contribution in [0.5, 0.6) is 0 Å². The van der Waals surface area contributed by atoms with Gasteiger partial charge >= 0.3 is 0 Å². The fourth-order valence-corrected chi connectivity index (χ4v) is 0.871. The molecule has 0 saturated carbocycles. The largest absolute Gasteiger partial charge is 0.276 e. The summed E-state index contributed by atoms with van der Waals surface area (Å²) in [5.41, 5.74) is 1.57. The van der Waals surface area contributed by atoms with Crippen LogP contribution in [-0.4, -0.2) is 5.24 Å². The predicted octanol–water partition coefficient (Wildman–Crippen LogP) is 2.19. The second-order valence-electron chi connectivity index (χ2n) is 2.13. The molecule has 0 radical (unpaired) electrons. The molecule has 2 heteroatoms. The second-order valence-corrected chi connectivity index (χ2v) is 2.47. The maximum atomic E-state index is 10.5. The normalized spacial score (nSPS) is 16.9. The van der Waals surface area contributed by atoms with E-state index in [0.29, 0.717) is 5.57 Å². The summed E-state index contributed by atoms with van der Waals surface area (Å²) in [4.78, 5) is 10.5. The van der Waals surface area contributed by atoms with Crippen molar-refractivity contribution < 1.29 is 4.79 Å². The lowest BCUT2D eigenvalue weighted by Crippen LogP contribution is -1.93. The van der Waals surface area contributed by atoms with E-state index in [2.05, 4.69) is 6.58 Å². The van der Waals surface area contributed by atoms with E-state index >= 15 is 0 Å². The van der Waals surface area contributed by atoms with Crippen molar-refractivity contribution in [1.29, 1.82) is 0 Å². The lowest BCUT2D eigenvalue weighted by Gasteiger charge is -2.02. The minimum Gasteiger partial charge on any atom is -0.276 e. The highest BCUT2D eigenvalue weighted by molar-refractivity contribution is 6.68. The highest BCUT2D eigenvalue weighted by Crippen LogP contribution is 2.15. The van der Waals surface area contributed by atoms with Crippen LogP contribution in [0.1, 0.15) is 6.42 Å². The molecule has 0 saturated heterocycles. The molecule has 1 nitrogen and oxygen atoms in total. The van der Waals surface area contributed by atoms with Gasteiger partial charge in [-0.1, -0.05) is 30.4 Å². The van der Waals surface area contributed by atoms with E-state index in [1.807, 2.05) is 0 Å². The SMILES string of the molecule is C=C1C=CC(C(=O)Cl)=CC1. The van der Waals surface area contributed by atoms with Crippen molar-refractivity contribution in [2.75, 3.05) is 0 Å². The molecule has 10 heavy (non-hydrogen) atoms. The quantitative estimate of drug-likeness (QED) is 0.530. The summed E-state index contributed by atoms with van der Waals surface area (Å²) in [6.45, 7) is 3.72. The maximum Gasteiger partial charge on any atom is 0.252 e. The van der Waals surface area contributed by atoms with Crippen LogP contribution in [0.25, 0.3) is 0 Å². The molecule has 0 aromatic heterocycles. The highest BCUT2D eigenvalue weighted by atomic mass is 35.5. The monoisotopic (exact) mass is 154 g/mol. The summed E-state index contributed by atoms with van der Waals surface area (Å²) in [6.07, 6.45) is 5.98. The van der Waals surface area contributed by atoms with E-state index in [1.54, 1.807) is 18.2 Å². The van der Waals surface area contributed by atoms with Crippen molar-refractivity contribution >= 4 is 16.8 Å². The Kier molecular flexibility index (Phi) is 2.07. The Morgan fingerprint density at radius 3 is 2.70 bits per heavy atom. The summed E-state index contributed by atoms with van der Waals surface area (Å²) in [6, 6.07) is 0. The average Bonchev–Trinajstić information content (AvgIpc) is 1.88. The van der Waals surface area contributed by atoms with Gasteiger partial charge in [0.25, 0.3) is 5.24 Å². The van der Waals surface area contributed by atoms with Crippen molar-refractivity contribution in [2.24, 2.45) is 0 Å². The third kappa shape index (κ3) is 1.58. The summed E-state index contributed by atoms with van der Waals surface area (Å²) in [5.74, 6) is 0. The number of carbonyl (C=O) groups excluding carboxylic acids is 1. The number of halogens is 1. The first-order chi connectivity index (χ1) is 4.70. The van der Waals surface area contributed by atoms with Gasteiger partial charge in [0.05, 0.1) is 0 Å². The van der Waals surface area contributed by atoms with Crippen molar-refractivity contribution in [3.05, 3.63) is 36.0 Å². The van der Waals surface area contributed by atoms with Crippen LogP contribution in [0.15, 0.2) is 36.0 Å². The van der Waals surface area contributed by atoms with Crippen molar-refractivity contribution in [1.82, 2.24) is 0 Å². The van der Waals surface area contributed by atoms with Crippen LogP contribution in [-0.2, 0) is 4.79 Å². The second kappa shape index (κ2) is 2.84. The molecule has 0 aromatic carbocycles. The molecule has 0 aromatic rings. The fourth-order valence-electron chi connectivity index (χ4n) is 0.731. The third-order valence-corrected chi connectivity index (χ3v) is 1.53. The molecule has 0 unspecified atom stereocenters. The number of allylic oxidation sites excluding steroid dienone is 5. The molecule has 0 amide bonds. The number of hydrogen-bond donors (Lipinski definition) is 0. The van der Waals surface area contributed by atoms with E-state index in [-0.39, 0.29) is 0 Å². The van der Waals surface area contributed by atoms with E-state index in [1.165, 1.54) is 0 Å². The Labute approximate surface area is 64.7 Å². The van der Waals surface area contributed by atoms with Crippen molar-refractivity contribution in [2.45, 2.75) is 6.42 Å². The van der Waals surface area contributed by atoms with Gasteiger partial charge in [0.15, 0.2) is 0 Å². The van der Waals surface area contributed by atoms with Gasteiger partial charge in [-0.3, -0.25) is 4.79 Å². The van der Waals surface area contributed by atoms with Crippen LogP contribution in [0.4, 0.5) is 0 Å². The van der Waals surface area contributed by atoms with Gasteiger partial charge in [-0.15, -0.1) is 0 Å². The molecule has 1 aliphatic rings. The predicted molar refractivity (Wildman–Crippen MR) is 41.8 cm³/mol. The lowest BCUT2D eigenvalue weighted by molar-refractivity contribution is -0.108. The summed E-state index contributed by atoms with van der Waals surface area (Å²) in [5, 5.41) is -0.399. The zero-order valence-electron chi connectivity index (χ0n) is 5.43. The third-order valence-electron chi connectivity index (χ3n) is 1.31. The van der Waals surface area contributed by atoms with Crippen molar-refractivity contribution in [3.63, 3.8) is 0 Å². The van der Waals surface area contributed by atoms with Gasteiger partial charge < -0.3 is 0 Å². The van der Waals surface area contributed by atoms with Crippen LogP contribution in [0.3, 0.4) is 0 Å². The maximum absolute atomic E-state index is 10.5. The topological polar surface area (TPSA) is 17.1 Å². The Bertz CT molecular complexity index is 236. The van der Waals surface area contributed by atoms with Gasteiger partial charge in [0, 0.05) is 5.57 Å². The molecular weight excluding hydrogens is 148 g/mol. The Hall–Kier alpha value is -0.820. The molecule has 0 heterocycles. The average molecular weight is 155 g/mol. The van der Waals surface area contributed by atoms with E-state index in [9.17, 15) is 4.79 Å². The van der Waals surface area contributed by atoms with E-state index < -0.39 is 5.24 Å². The highest BCUT2D eigenvalue weighted by Gasteiger charge is 2.04. The number of hydrogen-bond acceptors (Lipinski definition) is 1. The Morgan fingerprint density at radius 2 is 2.30 bits per heavy atom. The summed E-state index contributed by atoms with van der Waals surface area (Å²) in [7, 11) is 0. The molecule has 0 atom stereocenters. The van der Waals surface area contributed by atoms with E-state index in [0.717, 1.165) is 12.0 Å². The van der Waals surface area contributed by atoms with Crippen molar-refractivity contribution in [3.8, 4) is 0 Å². The summed E-state index contributed by atoms with van der Waals surface area (Å²) < 4.78 is 0. The molecule has 1 rings (SSSR count). The van der Waals surface area contributed by atoms with Crippen LogP contribution in [0, 0.1) is 0 Å². The van der Waals surface area contributed by atoms with Crippen LogP contribution in [0.2, 0.25) is 0 Å². The molecule has 0 N–H and O–H groups in total. The zero-order chi connectivity index (χ0) is 7.56. The minimum atomic E-state index is -0.399. The molecule has 1 aliphatic carbocycles.